The van der Waals surface area contributed by atoms with Crippen molar-refractivity contribution in [3.63, 3.8) is 0 Å². The van der Waals surface area contributed by atoms with Crippen LogP contribution in [-0.2, 0) is 0 Å². The van der Waals surface area contributed by atoms with Gasteiger partial charge in [-0.25, -0.2) is 0 Å². The topological polar surface area (TPSA) is 66.0 Å². The Labute approximate surface area is 166 Å². The fourth-order valence-corrected chi connectivity index (χ4v) is 3.79. The van der Waals surface area contributed by atoms with Crippen LogP contribution in [0.5, 0.6) is 11.5 Å². The lowest BCUT2D eigenvalue weighted by molar-refractivity contribution is 0.506. The van der Waals surface area contributed by atoms with Gasteiger partial charge in [-0.05, 0) is 91.1 Å². The SMILES string of the molecule is CCCC(=C(c1ccc(OC#N)cc1C)c1ccc(OC#N)cc1C)C1CC1. The van der Waals surface area contributed by atoms with E-state index in [9.17, 15) is 0 Å². The van der Waals surface area contributed by atoms with Gasteiger partial charge in [0, 0.05) is 0 Å². The van der Waals surface area contributed by atoms with Crippen LogP contribution in [0.1, 0.15) is 54.9 Å². The number of benzene rings is 2. The van der Waals surface area contributed by atoms with E-state index in [-0.39, 0.29) is 0 Å². The minimum atomic E-state index is 0.557. The van der Waals surface area contributed by atoms with Crippen molar-refractivity contribution in [1.29, 1.82) is 10.5 Å². The second-order valence-corrected chi connectivity index (χ2v) is 7.26. The van der Waals surface area contributed by atoms with Gasteiger partial charge in [-0.2, -0.15) is 0 Å². The zero-order chi connectivity index (χ0) is 20.1. The lowest BCUT2D eigenvalue weighted by atomic mass is 9.85. The van der Waals surface area contributed by atoms with Crippen molar-refractivity contribution < 1.29 is 9.47 Å². The first-order valence-electron chi connectivity index (χ1n) is 9.66. The van der Waals surface area contributed by atoms with Crippen LogP contribution >= 0.6 is 0 Å². The summed E-state index contributed by atoms with van der Waals surface area (Å²) in [6.45, 7) is 6.32. The normalized spacial score (nSPS) is 12.6. The summed E-state index contributed by atoms with van der Waals surface area (Å²) in [7, 11) is 0. The summed E-state index contributed by atoms with van der Waals surface area (Å²) in [6, 6.07) is 11.6. The molecule has 0 bridgehead atoms. The quantitative estimate of drug-likeness (QED) is 0.556. The predicted molar refractivity (Wildman–Crippen MR) is 108 cm³/mol. The maximum atomic E-state index is 8.80. The number of aryl methyl sites for hydroxylation is 2. The Morgan fingerprint density at radius 1 is 0.929 bits per heavy atom. The van der Waals surface area contributed by atoms with E-state index in [1.165, 1.54) is 24.0 Å². The maximum Gasteiger partial charge on any atom is 0.292 e. The summed E-state index contributed by atoms with van der Waals surface area (Å²) in [6.07, 6.45) is 8.11. The molecule has 0 amide bonds. The molecule has 3 rings (SSSR count). The van der Waals surface area contributed by atoms with E-state index >= 15 is 0 Å². The molecule has 0 radical (unpaired) electrons. The molecule has 0 aliphatic heterocycles. The first-order valence-corrected chi connectivity index (χ1v) is 9.66. The molecular formula is C24H24N2O2. The first kappa shape index (κ1) is 19.5. The van der Waals surface area contributed by atoms with Gasteiger partial charge in [0.1, 0.15) is 11.5 Å². The minimum Gasteiger partial charge on any atom is -0.388 e. The molecular weight excluding hydrogens is 348 g/mol. The molecule has 0 aromatic heterocycles. The highest BCUT2D eigenvalue weighted by molar-refractivity contribution is 5.86. The van der Waals surface area contributed by atoms with Gasteiger partial charge in [-0.3, -0.25) is 0 Å². The zero-order valence-electron chi connectivity index (χ0n) is 16.6. The van der Waals surface area contributed by atoms with Crippen molar-refractivity contribution in [1.82, 2.24) is 0 Å². The molecule has 142 valence electrons. The maximum absolute atomic E-state index is 8.80. The van der Waals surface area contributed by atoms with Crippen LogP contribution in [0.3, 0.4) is 0 Å². The molecule has 28 heavy (non-hydrogen) atoms. The third-order valence-corrected chi connectivity index (χ3v) is 5.17. The molecule has 1 aliphatic rings. The van der Waals surface area contributed by atoms with Gasteiger partial charge in [0.05, 0.1) is 0 Å². The lowest BCUT2D eigenvalue weighted by Gasteiger charge is -2.20. The van der Waals surface area contributed by atoms with E-state index in [1.807, 2.05) is 24.3 Å². The van der Waals surface area contributed by atoms with E-state index in [2.05, 4.69) is 32.9 Å². The van der Waals surface area contributed by atoms with Crippen molar-refractivity contribution in [3.05, 3.63) is 64.2 Å². The van der Waals surface area contributed by atoms with Crippen molar-refractivity contribution in [3.8, 4) is 24.0 Å². The summed E-state index contributed by atoms with van der Waals surface area (Å²) in [5.74, 6) is 1.75. The van der Waals surface area contributed by atoms with E-state index < -0.39 is 0 Å². The molecule has 2 aromatic rings. The number of hydrogen-bond acceptors (Lipinski definition) is 4. The van der Waals surface area contributed by atoms with Crippen LogP contribution in [0, 0.1) is 42.8 Å². The van der Waals surface area contributed by atoms with Gasteiger partial charge in [-0.15, -0.1) is 10.5 Å². The average molecular weight is 372 g/mol. The average Bonchev–Trinajstić information content (AvgIpc) is 3.49. The Morgan fingerprint density at radius 3 is 1.79 bits per heavy atom. The van der Waals surface area contributed by atoms with Crippen molar-refractivity contribution in [2.45, 2.75) is 46.5 Å². The Kier molecular flexibility index (Phi) is 6.02. The smallest absolute Gasteiger partial charge is 0.292 e. The van der Waals surface area contributed by atoms with Gasteiger partial charge in [0.2, 0.25) is 0 Å². The van der Waals surface area contributed by atoms with Crippen LogP contribution in [0.25, 0.3) is 5.57 Å². The predicted octanol–water partition coefficient (Wildman–Crippen LogP) is 6.04. The molecule has 0 unspecified atom stereocenters. The fourth-order valence-electron chi connectivity index (χ4n) is 3.79. The van der Waals surface area contributed by atoms with Crippen molar-refractivity contribution in [2.24, 2.45) is 5.92 Å². The summed E-state index contributed by atoms with van der Waals surface area (Å²) in [4.78, 5) is 0. The van der Waals surface area contributed by atoms with E-state index in [0.717, 1.165) is 35.1 Å². The minimum absolute atomic E-state index is 0.557. The molecule has 1 aliphatic carbocycles. The Hall–Kier alpha value is -3.24. The highest BCUT2D eigenvalue weighted by atomic mass is 16.5. The largest absolute Gasteiger partial charge is 0.388 e. The second-order valence-electron chi connectivity index (χ2n) is 7.26. The molecule has 1 fully saturated rings. The molecule has 4 heteroatoms. The van der Waals surface area contributed by atoms with Gasteiger partial charge in [0.15, 0.2) is 0 Å². The van der Waals surface area contributed by atoms with Crippen LogP contribution in [0.15, 0.2) is 42.0 Å². The summed E-state index contributed by atoms with van der Waals surface area (Å²) >= 11 is 0. The van der Waals surface area contributed by atoms with E-state index in [0.29, 0.717) is 17.4 Å². The van der Waals surface area contributed by atoms with Gasteiger partial charge in [0.25, 0.3) is 12.5 Å². The first-order chi connectivity index (χ1) is 13.6. The van der Waals surface area contributed by atoms with Gasteiger partial charge < -0.3 is 9.47 Å². The molecule has 0 heterocycles. The zero-order valence-corrected chi connectivity index (χ0v) is 16.6. The van der Waals surface area contributed by atoms with Crippen LogP contribution < -0.4 is 9.47 Å². The Balaban J connectivity index is 2.19. The van der Waals surface area contributed by atoms with Crippen molar-refractivity contribution >= 4 is 5.57 Å². The summed E-state index contributed by atoms with van der Waals surface area (Å²) in [5.41, 5.74) is 7.25. The van der Waals surface area contributed by atoms with Crippen molar-refractivity contribution in [2.75, 3.05) is 0 Å². The monoisotopic (exact) mass is 372 g/mol. The highest BCUT2D eigenvalue weighted by Gasteiger charge is 2.29. The molecule has 1 saturated carbocycles. The molecule has 4 nitrogen and oxygen atoms in total. The number of nitrogens with zero attached hydrogens (tertiary/aromatic N) is 2. The third kappa shape index (κ3) is 4.18. The van der Waals surface area contributed by atoms with Gasteiger partial charge >= 0.3 is 0 Å². The summed E-state index contributed by atoms with van der Waals surface area (Å²) in [5, 5.41) is 17.6. The van der Waals surface area contributed by atoms with Crippen LogP contribution in [0.2, 0.25) is 0 Å². The number of hydrogen-bond donors (Lipinski definition) is 0. The second kappa shape index (κ2) is 8.63. The lowest BCUT2D eigenvalue weighted by Crippen LogP contribution is -2.02. The Morgan fingerprint density at radius 2 is 1.43 bits per heavy atom. The van der Waals surface area contributed by atoms with Crippen LogP contribution in [-0.4, -0.2) is 0 Å². The van der Waals surface area contributed by atoms with Crippen LogP contribution in [0.4, 0.5) is 0 Å². The molecule has 0 N–H and O–H groups in total. The highest BCUT2D eigenvalue weighted by Crippen LogP contribution is 2.46. The molecule has 0 saturated heterocycles. The standard InChI is InChI=1S/C24H24N2O2/c1-4-5-23(18-6-7-18)24(21-10-8-19(27-14-25)12-16(21)2)22-11-9-20(28-15-26)13-17(22)3/h8-13,18H,4-7H2,1-3H3. The number of nitriles is 2. The number of rotatable bonds is 7. The third-order valence-electron chi connectivity index (χ3n) is 5.17. The summed E-state index contributed by atoms with van der Waals surface area (Å²) < 4.78 is 10.0. The molecule has 0 atom stereocenters. The molecule has 2 aromatic carbocycles. The fraction of sp³-hybridized carbons (Fsp3) is 0.333. The molecule has 0 spiro atoms. The Bertz CT molecular complexity index is 921. The number of allylic oxidation sites excluding steroid dienone is 1. The number of ether oxygens (including phenoxy) is 2. The van der Waals surface area contributed by atoms with Gasteiger partial charge in [-0.1, -0.05) is 31.1 Å². The van der Waals surface area contributed by atoms with E-state index in [4.69, 9.17) is 20.0 Å². The van der Waals surface area contributed by atoms with E-state index in [1.54, 1.807) is 12.5 Å².